The maximum atomic E-state index is 12.9. The van der Waals surface area contributed by atoms with Crippen molar-refractivity contribution in [2.45, 2.75) is 64.1 Å². The number of carbonyl (C=O) groups is 5. The van der Waals surface area contributed by atoms with Crippen molar-refractivity contribution in [3.05, 3.63) is 0 Å². The molecule has 3 atom stereocenters. The molecule has 0 aliphatic carbocycles. The molecule has 1 rings (SSSR count). The molecular weight excluding hydrogens is 423 g/mol. The van der Waals surface area contributed by atoms with Gasteiger partial charge in [-0.1, -0.05) is 6.92 Å². The van der Waals surface area contributed by atoms with E-state index in [1.165, 1.54) is 11.8 Å². The number of carbonyl (C=O) groups excluding carboxylic acids is 4. The fourth-order valence-corrected chi connectivity index (χ4v) is 3.29. The lowest BCUT2D eigenvalue weighted by atomic mass is 10.1. The maximum absolute atomic E-state index is 12.9. The summed E-state index contributed by atoms with van der Waals surface area (Å²) >= 11 is 0. The number of carboxylic acid groups (broad SMARTS) is 1. The first-order valence-electron chi connectivity index (χ1n) is 10.5. The summed E-state index contributed by atoms with van der Waals surface area (Å²) < 4.78 is 0. The number of nitrogens with zero attached hydrogens (tertiary/aromatic N) is 2. The molecule has 1 unspecified atom stereocenters. The number of nitrogens with two attached hydrogens (primary N) is 2. The van der Waals surface area contributed by atoms with Crippen molar-refractivity contribution in [3.63, 3.8) is 0 Å². The van der Waals surface area contributed by atoms with Gasteiger partial charge >= 0.3 is 5.97 Å². The lowest BCUT2D eigenvalue weighted by molar-refractivity contribution is -0.143. The summed E-state index contributed by atoms with van der Waals surface area (Å²) in [4.78, 5) is 65.5. The van der Waals surface area contributed by atoms with Crippen molar-refractivity contribution in [1.82, 2.24) is 20.9 Å². The van der Waals surface area contributed by atoms with Gasteiger partial charge in [-0.25, -0.2) is 4.79 Å². The standard InChI is InChI=1S/C19H33N7O6/c1-3-12(18(31)32)24-16(29)13(6-4-8-22-19(20)21)25-17(30)14-7-5-9-26(14)15(28)10-23-11(2)27/h12-14H,3-10H2,1-2H3,(H,23,27)(H,24,29)(H,25,30)(H,31,32)(H4,20,21,22)/t12?,13-,14-/m0/s1/i18+1. The van der Waals surface area contributed by atoms with E-state index in [0.29, 0.717) is 25.8 Å². The van der Waals surface area contributed by atoms with E-state index in [4.69, 9.17) is 11.5 Å². The molecule has 13 nitrogen and oxygen atoms in total. The third-order valence-corrected chi connectivity index (χ3v) is 4.97. The Morgan fingerprint density at radius 1 is 1.16 bits per heavy atom. The number of rotatable bonds is 12. The fourth-order valence-electron chi connectivity index (χ4n) is 3.29. The zero-order valence-electron chi connectivity index (χ0n) is 18.4. The van der Waals surface area contributed by atoms with Gasteiger partial charge in [-0.05, 0) is 32.1 Å². The van der Waals surface area contributed by atoms with Crippen LogP contribution in [0.25, 0.3) is 0 Å². The number of carboxylic acids is 1. The number of aliphatic carboxylic acids is 1. The molecule has 180 valence electrons. The molecule has 0 aromatic carbocycles. The molecule has 1 aliphatic heterocycles. The molecule has 1 saturated heterocycles. The highest BCUT2D eigenvalue weighted by atomic mass is 16.5. The highest BCUT2D eigenvalue weighted by molar-refractivity contribution is 5.94. The van der Waals surface area contributed by atoms with E-state index in [1.54, 1.807) is 6.92 Å². The second kappa shape index (κ2) is 13.1. The summed E-state index contributed by atoms with van der Waals surface area (Å²) in [5.74, 6) is -3.22. The molecule has 1 aliphatic rings. The molecule has 8 N–H and O–H groups in total. The summed E-state index contributed by atoms with van der Waals surface area (Å²) in [6.07, 6.45) is 1.70. The van der Waals surface area contributed by atoms with E-state index in [2.05, 4.69) is 20.9 Å². The predicted molar refractivity (Wildman–Crippen MR) is 115 cm³/mol. The monoisotopic (exact) mass is 456 g/mol. The van der Waals surface area contributed by atoms with Gasteiger partial charge in [-0.3, -0.25) is 24.2 Å². The number of likely N-dealkylation sites (tertiary alicyclic amines) is 1. The van der Waals surface area contributed by atoms with Gasteiger partial charge in [0.15, 0.2) is 5.96 Å². The van der Waals surface area contributed by atoms with Crippen LogP contribution in [0.1, 0.15) is 46.0 Å². The number of hydrogen-bond acceptors (Lipinski definition) is 6. The summed E-state index contributed by atoms with van der Waals surface area (Å²) in [5, 5.41) is 16.6. The van der Waals surface area contributed by atoms with Crippen molar-refractivity contribution in [3.8, 4) is 0 Å². The van der Waals surface area contributed by atoms with Crippen LogP contribution >= 0.6 is 0 Å². The van der Waals surface area contributed by atoms with Crippen LogP contribution in [0.3, 0.4) is 0 Å². The minimum absolute atomic E-state index is 0.105. The Labute approximate surface area is 186 Å². The van der Waals surface area contributed by atoms with E-state index in [0.717, 1.165) is 0 Å². The van der Waals surface area contributed by atoms with E-state index >= 15 is 0 Å². The molecule has 13 heteroatoms. The van der Waals surface area contributed by atoms with Gasteiger partial charge in [0, 0.05) is 20.0 Å². The normalized spacial score (nSPS) is 17.1. The fraction of sp³-hybridized carbons (Fsp3) is 0.684. The van der Waals surface area contributed by atoms with Crippen LogP contribution in [0.4, 0.5) is 0 Å². The average molecular weight is 457 g/mol. The third-order valence-electron chi connectivity index (χ3n) is 4.97. The van der Waals surface area contributed by atoms with Crippen molar-refractivity contribution < 1.29 is 29.1 Å². The van der Waals surface area contributed by atoms with Crippen molar-refractivity contribution >= 4 is 35.6 Å². The van der Waals surface area contributed by atoms with Crippen LogP contribution in [0, 0.1) is 0 Å². The Morgan fingerprint density at radius 2 is 1.84 bits per heavy atom. The second-order valence-corrected chi connectivity index (χ2v) is 7.47. The molecule has 1 fully saturated rings. The SMILES string of the molecule is CCC(NC(=O)[C@H](CCCN=C(N)N)NC(=O)[C@@H]1CCCN1C(=O)CNC(C)=O)[13C](=O)O. The Bertz CT molecular complexity index is 738. The average Bonchev–Trinajstić information content (AvgIpc) is 3.21. The van der Waals surface area contributed by atoms with E-state index < -0.39 is 41.8 Å². The number of aliphatic imine (C=N–C) groups is 1. The Morgan fingerprint density at radius 3 is 2.41 bits per heavy atom. The topological polar surface area (TPSA) is 209 Å². The summed E-state index contributed by atoms with van der Waals surface area (Å²) in [5.41, 5.74) is 10.6. The van der Waals surface area contributed by atoms with Gasteiger partial charge in [0.05, 0.1) is 6.54 Å². The van der Waals surface area contributed by atoms with Crippen molar-refractivity contribution in [2.75, 3.05) is 19.6 Å². The van der Waals surface area contributed by atoms with Gasteiger partial charge in [0.1, 0.15) is 18.1 Å². The van der Waals surface area contributed by atoms with Crippen LogP contribution in [-0.2, 0) is 24.0 Å². The smallest absolute Gasteiger partial charge is 0.326 e. The molecule has 4 amide bonds. The maximum Gasteiger partial charge on any atom is 0.326 e. The quantitative estimate of drug-likeness (QED) is 0.0807. The molecule has 0 radical (unpaired) electrons. The zero-order chi connectivity index (χ0) is 24.3. The molecule has 32 heavy (non-hydrogen) atoms. The van der Waals surface area contributed by atoms with Crippen LogP contribution < -0.4 is 27.4 Å². The largest absolute Gasteiger partial charge is 0.480 e. The first-order chi connectivity index (χ1) is 15.1. The summed E-state index contributed by atoms with van der Waals surface area (Å²) in [6, 6.07) is -2.91. The van der Waals surface area contributed by atoms with Gasteiger partial charge in [0.2, 0.25) is 23.6 Å². The predicted octanol–water partition coefficient (Wildman–Crippen LogP) is -2.37. The lowest BCUT2D eigenvalue weighted by Gasteiger charge is -2.27. The van der Waals surface area contributed by atoms with Gasteiger partial charge in [-0.2, -0.15) is 0 Å². The molecule has 0 saturated carbocycles. The highest BCUT2D eigenvalue weighted by Crippen LogP contribution is 2.18. The zero-order valence-corrected chi connectivity index (χ0v) is 18.4. The van der Waals surface area contributed by atoms with E-state index in [9.17, 15) is 29.1 Å². The third kappa shape index (κ3) is 8.78. The number of amides is 4. The Kier molecular flexibility index (Phi) is 10.9. The molecule has 0 aromatic heterocycles. The van der Waals surface area contributed by atoms with Crippen LogP contribution in [0.5, 0.6) is 0 Å². The number of guanidine groups is 1. The summed E-state index contributed by atoms with van der Waals surface area (Å²) in [7, 11) is 0. The van der Waals surface area contributed by atoms with Crippen molar-refractivity contribution in [2.24, 2.45) is 16.5 Å². The van der Waals surface area contributed by atoms with E-state index in [1.807, 2.05) is 0 Å². The minimum atomic E-state index is -1.18. The molecule has 1 heterocycles. The molecule has 0 aromatic rings. The summed E-state index contributed by atoms with van der Waals surface area (Å²) in [6.45, 7) is 3.26. The Hall–Kier alpha value is -3.38. The van der Waals surface area contributed by atoms with Gasteiger partial charge < -0.3 is 37.4 Å². The molecular formula is C19H33N7O6. The van der Waals surface area contributed by atoms with Gasteiger partial charge in [-0.15, -0.1) is 0 Å². The lowest BCUT2D eigenvalue weighted by Crippen LogP contribution is -2.55. The first-order valence-corrected chi connectivity index (χ1v) is 10.5. The molecule has 0 spiro atoms. The van der Waals surface area contributed by atoms with Crippen LogP contribution in [0.15, 0.2) is 4.99 Å². The minimum Gasteiger partial charge on any atom is -0.480 e. The van der Waals surface area contributed by atoms with E-state index in [-0.39, 0.29) is 37.8 Å². The number of nitrogens with one attached hydrogen (secondary N) is 3. The first kappa shape index (κ1) is 26.7. The van der Waals surface area contributed by atoms with Gasteiger partial charge in [0.25, 0.3) is 0 Å². The Balaban J connectivity index is 2.86. The van der Waals surface area contributed by atoms with Crippen LogP contribution in [-0.4, -0.2) is 83.3 Å². The number of hydrogen-bond donors (Lipinski definition) is 6. The van der Waals surface area contributed by atoms with Crippen molar-refractivity contribution in [1.29, 1.82) is 0 Å². The molecule has 0 bridgehead atoms. The highest BCUT2D eigenvalue weighted by Gasteiger charge is 2.36. The second-order valence-electron chi connectivity index (χ2n) is 7.47. The van der Waals surface area contributed by atoms with Crippen LogP contribution in [0.2, 0.25) is 0 Å².